The third kappa shape index (κ3) is 2.71. The Kier molecular flexibility index (Phi) is 3.28. The molecule has 1 fully saturated rings. The van der Waals surface area contributed by atoms with Gasteiger partial charge in [-0.05, 0) is 19.3 Å². The van der Waals surface area contributed by atoms with Crippen molar-refractivity contribution in [2.45, 2.75) is 30.9 Å². The average Bonchev–Trinajstić information content (AvgIpc) is 2.80. The molecule has 2 rings (SSSR count). The van der Waals surface area contributed by atoms with Crippen LogP contribution >= 0.6 is 0 Å². The highest BCUT2D eigenvalue weighted by Gasteiger charge is 2.33. The van der Waals surface area contributed by atoms with E-state index >= 15 is 0 Å². The Morgan fingerprint density at radius 2 is 2.24 bits per heavy atom. The molecule has 1 aromatic rings. The first-order valence-electron chi connectivity index (χ1n) is 5.57. The van der Waals surface area contributed by atoms with Crippen molar-refractivity contribution in [3.63, 3.8) is 0 Å². The van der Waals surface area contributed by atoms with E-state index in [1.165, 1.54) is 12.5 Å². The molecule has 94 valence electrons. The van der Waals surface area contributed by atoms with Gasteiger partial charge in [0, 0.05) is 12.2 Å². The lowest BCUT2D eigenvalue weighted by Gasteiger charge is -2.26. The number of aromatic amines is 1. The lowest BCUT2D eigenvalue weighted by Crippen LogP contribution is -2.31. The lowest BCUT2D eigenvalue weighted by atomic mass is 9.85. The summed E-state index contributed by atoms with van der Waals surface area (Å²) >= 11 is 0. The van der Waals surface area contributed by atoms with E-state index in [0.29, 0.717) is 18.5 Å². The maximum Gasteiger partial charge on any atom is 0.187 e. The highest BCUT2D eigenvalue weighted by Crippen LogP contribution is 2.30. The van der Waals surface area contributed by atoms with Crippen molar-refractivity contribution in [1.29, 1.82) is 0 Å². The highest BCUT2D eigenvalue weighted by atomic mass is 32.2. The summed E-state index contributed by atoms with van der Waals surface area (Å²) < 4.78 is 23.0. The zero-order valence-corrected chi connectivity index (χ0v) is 10.4. The molecule has 0 saturated heterocycles. The number of carbonyl (C=O) groups excluding carboxylic acids is 1. The average molecular weight is 257 g/mol. The van der Waals surface area contributed by atoms with E-state index in [0.717, 1.165) is 12.8 Å². The smallest absolute Gasteiger partial charge is 0.187 e. The maximum atomic E-state index is 12.0. The standard InChI is InChI=1S/C10H15N3O3S/c1-17(15,16)8-4-2-3-7(5-8)10(14)9-6-11-13-12-9/h6-8H,2-5H2,1H3,(H,11,12,13). The van der Waals surface area contributed by atoms with Gasteiger partial charge < -0.3 is 0 Å². The van der Waals surface area contributed by atoms with Crippen molar-refractivity contribution in [2.24, 2.45) is 5.92 Å². The van der Waals surface area contributed by atoms with Crippen LogP contribution in [-0.2, 0) is 9.84 Å². The van der Waals surface area contributed by atoms with Crippen LogP contribution in [0.5, 0.6) is 0 Å². The zero-order chi connectivity index (χ0) is 12.5. The summed E-state index contributed by atoms with van der Waals surface area (Å²) in [5.41, 5.74) is 0.296. The Labute approximate surface area is 99.7 Å². The second-order valence-corrected chi connectivity index (χ2v) is 6.86. The van der Waals surface area contributed by atoms with Crippen molar-refractivity contribution in [3.05, 3.63) is 11.9 Å². The number of H-pyrrole nitrogens is 1. The number of aromatic nitrogens is 3. The topological polar surface area (TPSA) is 92.8 Å². The van der Waals surface area contributed by atoms with Crippen LogP contribution in [0.1, 0.15) is 36.2 Å². The van der Waals surface area contributed by atoms with Gasteiger partial charge in [0.25, 0.3) is 0 Å². The number of Topliss-reactive ketones (excluding diaryl/α,β-unsaturated/α-hetero) is 1. The summed E-state index contributed by atoms with van der Waals surface area (Å²) in [5.74, 6) is -0.347. The molecule has 2 unspecified atom stereocenters. The SMILES string of the molecule is CS(=O)(=O)C1CCCC(C(=O)c2cn[nH]n2)C1. The summed E-state index contributed by atoms with van der Waals surface area (Å²) in [6, 6.07) is 0. The van der Waals surface area contributed by atoms with Gasteiger partial charge in [-0.1, -0.05) is 6.42 Å². The predicted molar refractivity (Wildman–Crippen MR) is 61.3 cm³/mol. The van der Waals surface area contributed by atoms with Gasteiger partial charge >= 0.3 is 0 Å². The fourth-order valence-corrected chi connectivity index (χ4v) is 3.48. The Morgan fingerprint density at radius 1 is 1.47 bits per heavy atom. The molecule has 0 bridgehead atoms. The summed E-state index contributed by atoms with van der Waals surface area (Å²) in [5, 5.41) is 9.33. The first-order chi connectivity index (χ1) is 7.98. The van der Waals surface area contributed by atoms with E-state index in [-0.39, 0.29) is 11.7 Å². The Hall–Kier alpha value is -1.24. The minimum atomic E-state index is -3.06. The van der Waals surface area contributed by atoms with Crippen LogP contribution in [0.4, 0.5) is 0 Å². The molecule has 0 radical (unpaired) electrons. The van der Waals surface area contributed by atoms with Crippen LogP contribution in [0.15, 0.2) is 6.20 Å². The Bertz CT molecular complexity index is 495. The third-order valence-corrected chi connectivity index (χ3v) is 4.91. The van der Waals surface area contributed by atoms with E-state index in [4.69, 9.17) is 0 Å². The molecule has 17 heavy (non-hydrogen) atoms. The molecule has 0 spiro atoms. The zero-order valence-electron chi connectivity index (χ0n) is 9.59. The molecule has 1 aromatic heterocycles. The Balaban J connectivity index is 2.10. The number of ketones is 1. The number of carbonyl (C=O) groups is 1. The molecule has 6 nitrogen and oxygen atoms in total. The van der Waals surface area contributed by atoms with Crippen molar-refractivity contribution < 1.29 is 13.2 Å². The van der Waals surface area contributed by atoms with Gasteiger partial charge in [0.15, 0.2) is 5.78 Å². The second kappa shape index (κ2) is 4.56. The molecule has 1 aliphatic carbocycles. The summed E-state index contributed by atoms with van der Waals surface area (Å²) in [6.45, 7) is 0. The lowest BCUT2D eigenvalue weighted by molar-refractivity contribution is 0.0885. The quantitative estimate of drug-likeness (QED) is 0.800. The van der Waals surface area contributed by atoms with Crippen LogP contribution in [0.2, 0.25) is 0 Å². The van der Waals surface area contributed by atoms with Crippen molar-refractivity contribution in [1.82, 2.24) is 15.4 Å². The second-order valence-electron chi connectivity index (χ2n) is 4.53. The normalized spacial score (nSPS) is 25.7. The predicted octanol–water partition coefficient (Wildman–Crippen LogP) is 0.591. The number of nitrogens with one attached hydrogen (secondary N) is 1. The van der Waals surface area contributed by atoms with E-state index in [2.05, 4.69) is 15.4 Å². The summed E-state index contributed by atoms with van der Waals surface area (Å²) in [4.78, 5) is 12.0. The van der Waals surface area contributed by atoms with Crippen LogP contribution in [-0.4, -0.2) is 41.1 Å². The molecule has 2 atom stereocenters. The summed E-state index contributed by atoms with van der Waals surface area (Å²) in [6.07, 6.45) is 5.18. The monoisotopic (exact) mass is 257 g/mol. The largest absolute Gasteiger partial charge is 0.292 e. The van der Waals surface area contributed by atoms with Crippen molar-refractivity contribution in [3.8, 4) is 0 Å². The van der Waals surface area contributed by atoms with Crippen molar-refractivity contribution in [2.75, 3.05) is 6.26 Å². The fraction of sp³-hybridized carbons (Fsp3) is 0.700. The molecule has 0 amide bonds. The fourth-order valence-electron chi connectivity index (χ4n) is 2.30. The third-order valence-electron chi connectivity index (χ3n) is 3.27. The van der Waals surface area contributed by atoms with E-state index in [1.807, 2.05) is 0 Å². The molecule has 1 heterocycles. The highest BCUT2D eigenvalue weighted by molar-refractivity contribution is 7.91. The summed E-state index contributed by atoms with van der Waals surface area (Å²) in [7, 11) is -3.06. The van der Waals surface area contributed by atoms with Gasteiger partial charge in [-0.25, -0.2) is 8.42 Å². The maximum absolute atomic E-state index is 12.0. The number of rotatable bonds is 3. The molecule has 7 heteroatoms. The minimum Gasteiger partial charge on any atom is -0.292 e. The van der Waals surface area contributed by atoms with Gasteiger partial charge in [0.2, 0.25) is 0 Å². The minimum absolute atomic E-state index is 0.105. The van der Waals surface area contributed by atoms with Gasteiger partial charge in [0.05, 0.1) is 11.4 Å². The molecule has 1 saturated carbocycles. The number of nitrogens with zero attached hydrogens (tertiary/aromatic N) is 2. The van der Waals surface area contributed by atoms with Crippen LogP contribution < -0.4 is 0 Å². The van der Waals surface area contributed by atoms with Crippen molar-refractivity contribution >= 4 is 15.6 Å². The van der Waals surface area contributed by atoms with E-state index < -0.39 is 15.1 Å². The number of hydrogen-bond acceptors (Lipinski definition) is 5. The first-order valence-corrected chi connectivity index (χ1v) is 7.53. The molecule has 1 aliphatic rings. The Morgan fingerprint density at radius 3 is 2.82 bits per heavy atom. The van der Waals surface area contributed by atoms with Crippen LogP contribution in [0.25, 0.3) is 0 Å². The molecule has 1 N–H and O–H groups in total. The molecule has 0 aliphatic heterocycles. The molecular weight excluding hydrogens is 242 g/mol. The van der Waals surface area contributed by atoms with Gasteiger partial charge in [0.1, 0.15) is 15.5 Å². The van der Waals surface area contributed by atoms with Crippen LogP contribution in [0, 0.1) is 5.92 Å². The van der Waals surface area contributed by atoms with Gasteiger partial charge in [-0.3, -0.25) is 4.79 Å². The number of hydrogen-bond donors (Lipinski definition) is 1. The van der Waals surface area contributed by atoms with Gasteiger partial charge in [-0.2, -0.15) is 15.4 Å². The van der Waals surface area contributed by atoms with E-state index in [9.17, 15) is 13.2 Å². The molecule has 0 aromatic carbocycles. The van der Waals surface area contributed by atoms with E-state index in [1.54, 1.807) is 0 Å². The van der Waals surface area contributed by atoms with Crippen LogP contribution in [0.3, 0.4) is 0 Å². The van der Waals surface area contributed by atoms with Gasteiger partial charge in [-0.15, -0.1) is 0 Å². The molecular formula is C10H15N3O3S. The number of sulfone groups is 1. The first kappa shape index (κ1) is 12.2.